The van der Waals surface area contributed by atoms with Gasteiger partial charge in [0.05, 0.1) is 5.01 Å². The molecule has 1 aliphatic rings. The third kappa shape index (κ3) is 2.89. The van der Waals surface area contributed by atoms with Crippen molar-refractivity contribution in [1.82, 2.24) is 10.3 Å². The maximum atomic E-state index is 4.30. The van der Waals surface area contributed by atoms with Crippen molar-refractivity contribution in [2.24, 2.45) is 0 Å². The molecule has 0 bridgehead atoms. The van der Waals surface area contributed by atoms with Crippen molar-refractivity contribution in [3.8, 4) is 0 Å². The van der Waals surface area contributed by atoms with E-state index < -0.39 is 0 Å². The molecule has 2 atom stereocenters. The van der Waals surface area contributed by atoms with E-state index in [0.717, 1.165) is 5.01 Å². The minimum Gasteiger partial charge on any atom is -0.306 e. The molecule has 1 aliphatic carbocycles. The van der Waals surface area contributed by atoms with Crippen molar-refractivity contribution in [3.05, 3.63) is 28.2 Å². The molecule has 2 nitrogen and oxygen atoms in total. The Morgan fingerprint density at radius 2 is 2.40 bits per heavy atom. The standard InChI is InChI=1S/C12H18N2S/c1-9(12-8-13-10(2)15-12)14-11-6-4-3-5-7-11/h3-4,8-9,11,14H,5-7H2,1-2H3. The van der Waals surface area contributed by atoms with Crippen LogP contribution in [-0.4, -0.2) is 11.0 Å². The molecule has 0 saturated heterocycles. The van der Waals surface area contributed by atoms with E-state index in [0.29, 0.717) is 12.1 Å². The van der Waals surface area contributed by atoms with Crippen LogP contribution >= 0.6 is 11.3 Å². The van der Waals surface area contributed by atoms with Crippen LogP contribution in [0.2, 0.25) is 0 Å². The summed E-state index contributed by atoms with van der Waals surface area (Å²) in [5.41, 5.74) is 0. The number of hydrogen-bond donors (Lipinski definition) is 1. The SMILES string of the molecule is Cc1ncc(C(C)NC2CC=CCC2)s1. The molecule has 1 aromatic rings. The van der Waals surface area contributed by atoms with Gasteiger partial charge in [0, 0.05) is 23.2 Å². The number of aryl methyl sites for hydroxylation is 1. The van der Waals surface area contributed by atoms with Gasteiger partial charge in [-0.25, -0.2) is 4.98 Å². The zero-order chi connectivity index (χ0) is 10.7. The molecule has 0 amide bonds. The quantitative estimate of drug-likeness (QED) is 0.794. The van der Waals surface area contributed by atoms with Crippen LogP contribution in [0, 0.1) is 6.92 Å². The monoisotopic (exact) mass is 222 g/mol. The summed E-state index contributed by atoms with van der Waals surface area (Å²) in [5, 5.41) is 4.82. The lowest BCUT2D eigenvalue weighted by Crippen LogP contribution is -2.31. The van der Waals surface area contributed by atoms with Crippen LogP contribution in [-0.2, 0) is 0 Å². The molecule has 1 heterocycles. The Morgan fingerprint density at radius 1 is 1.53 bits per heavy atom. The summed E-state index contributed by atoms with van der Waals surface area (Å²) in [5.74, 6) is 0. The summed E-state index contributed by atoms with van der Waals surface area (Å²) in [4.78, 5) is 5.64. The van der Waals surface area contributed by atoms with Gasteiger partial charge in [-0.15, -0.1) is 11.3 Å². The molecule has 2 unspecified atom stereocenters. The fraction of sp³-hybridized carbons (Fsp3) is 0.583. The normalized spacial score (nSPS) is 22.9. The minimum atomic E-state index is 0.438. The van der Waals surface area contributed by atoms with Gasteiger partial charge in [0.25, 0.3) is 0 Å². The molecule has 0 aromatic carbocycles. The van der Waals surface area contributed by atoms with Crippen LogP contribution in [0.4, 0.5) is 0 Å². The van der Waals surface area contributed by atoms with Crippen molar-refractivity contribution in [1.29, 1.82) is 0 Å². The summed E-state index contributed by atoms with van der Waals surface area (Å²) < 4.78 is 0. The van der Waals surface area contributed by atoms with Gasteiger partial charge in [-0.1, -0.05) is 12.2 Å². The van der Waals surface area contributed by atoms with Crippen LogP contribution in [0.1, 0.15) is 42.1 Å². The highest BCUT2D eigenvalue weighted by Gasteiger charge is 2.15. The molecular weight excluding hydrogens is 204 g/mol. The third-order valence-electron chi connectivity index (χ3n) is 2.82. The summed E-state index contributed by atoms with van der Waals surface area (Å²) in [6.45, 7) is 4.29. The summed E-state index contributed by atoms with van der Waals surface area (Å²) in [6, 6.07) is 1.08. The maximum Gasteiger partial charge on any atom is 0.0897 e. The number of rotatable bonds is 3. The van der Waals surface area contributed by atoms with Gasteiger partial charge in [0.2, 0.25) is 0 Å². The zero-order valence-corrected chi connectivity index (χ0v) is 10.2. The van der Waals surface area contributed by atoms with E-state index in [2.05, 4.69) is 36.3 Å². The second-order valence-electron chi connectivity index (χ2n) is 4.15. The Morgan fingerprint density at radius 3 is 3.00 bits per heavy atom. The Hall–Kier alpha value is -0.670. The fourth-order valence-electron chi connectivity index (χ4n) is 1.96. The molecule has 0 aliphatic heterocycles. The van der Waals surface area contributed by atoms with Crippen LogP contribution in [0.15, 0.2) is 18.3 Å². The second kappa shape index (κ2) is 4.90. The molecule has 0 spiro atoms. The van der Waals surface area contributed by atoms with Crippen LogP contribution in [0.5, 0.6) is 0 Å². The van der Waals surface area contributed by atoms with E-state index >= 15 is 0 Å². The van der Waals surface area contributed by atoms with Gasteiger partial charge in [-0.2, -0.15) is 0 Å². The number of nitrogens with one attached hydrogen (secondary N) is 1. The van der Waals surface area contributed by atoms with Gasteiger partial charge in [0.15, 0.2) is 0 Å². The molecule has 0 radical (unpaired) electrons. The number of thiazole rings is 1. The predicted octanol–water partition coefficient (Wildman–Crippen LogP) is 3.21. The van der Waals surface area contributed by atoms with Gasteiger partial charge in [-0.3, -0.25) is 0 Å². The third-order valence-corrected chi connectivity index (χ3v) is 3.92. The van der Waals surface area contributed by atoms with Gasteiger partial charge in [-0.05, 0) is 33.1 Å². The van der Waals surface area contributed by atoms with Gasteiger partial charge >= 0.3 is 0 Å². The molecular formula is C12H18N2S. The highest BCUT2D eigenvalue weighted by atomic mass is 32.1. The number of nitrogens with zero attached hydrogens (tertiary/aromatic N) is 1. The van der Waals surface area contributed by atoms with Gasteiger partial charge < -0.3 is 5.32 Å². The molecule has 1 aromatic heterocycles. The molecule has 2 rings (SSSR count). The van der Waals surface area contributed by atoms with Crippen molar-refractivity contribution in [3.63, 3.8) is 0 Å². The van der Waals surface area contributed by atoms with Crippen molar-refractivity contribution in [2.75, 3.05) is 0 Å². The fourth-order valence-corrected chi connectivity index (χ4v) is 2.76. The molecule has 0 fully saturated rings. The first-order valence-electron chi connectivity index (χ1n) is 5.59. The lowest BCUT2D eigenvalue weighted by molar-refractivity contribution is 0.429. The van der Waals surface area contributed by atoms with Gasteiger partial charge in [0.1, 0.15) is 0 Å². The number of aromatic nitrogens is 1. The van der Waals surface area contributed by atoms with Crippen molar-refractivity contribution < 1.29 is 0 Å². The Balaban J connectivity index is 1.91. The summed E-state index contributed by atoms with van der Waals surface area (Å²) in [7, 11) is 0. The van der Waals surface area contributed by atoms with E-state index in [1.54, 1.807) is 11.3 Å². The minimum absolute atomic E-state index is 0.438. The number of hydrogen-bond acceptors (Lipinski definition) is 3. The smallest absolute Gasteiger partial charge is 0.0897 e. The zero-order valence-electron chi connectivity index (χ0n) is 9.36. The Labute approximate surface area is 95.4 Å². The predicted molar refractivity (Wildman–Crippen MR) is 65.2 cm³/mol. The van der Waals surface area contributed by atoms with E-state index in [1.807, 2.05) is 6.20 Å². The van der Waals surface area contributed by atoms with Crippen LogP contribution in [0.25, 0.3) is 0 Å². The van der Waals surface area contributed by atoms with Crippen molar-refractivity contribution >= 4 is 11.3 Å². The second-order valence-corrected chi connectivity index (χ2v) is 5.42. The Bertz CT molecular complexity index is 343. The van der Waals surface area contributed by atoms with E-state index in [1.165, 1.54) is 24.1 Å². The van der Waals surface area contributed by atoms with Crippen LogP contribution in [0.3, 0.4) is 0 Å². The average Bonchev–Trinajstić information content (AvgIpc) is 2.66. The lowest BCUT2D eigenvalue weighted by Gasteiger charge is -2.23. The molecule has 15 heavy (non-hydrogen) atoms. The summed E-state index contributed by atoms with van der Waals surface area (Å²) >= 11 is 1.79. The van der Waals surface area contributed by atoms with E-state index in [4.69, 9.17) is 0 Å². The first-order valence-corrected chi connectivity index (χ1v) is 6.40. The number of allylic oxidation sites excluding steroid dienone is 1. The van der Waals surface area contributed by atoms with E-state index in [9.17, 15) is 0 Å². The van der Waals surface area contributed by atoms with E-state index in [-0.39, 0.29) is 0 Å². The first-order chi connectivity index (χ1) is 7.25. The molecule has 3 heteroatoms. The Kier molecular flexibility index (Phi) is 3.54. The highest BCUT2D eigenvalue weighted by molar-refractivity contribution is 7.11. The van der Waals surface area contributed by atoms with Crippen LogP contribution < -0.4 is 5.32 Å². The average molecular weight is 222 g/mol. The molecule has 82 valence electrons. The van der Waals surface area contributed by atoms with Crippen molar-refractivity contribution in [2.45, 2.75) is 45.2 Å². The maximum absolute atomic E-state index is 4.30. The lowest BCUT2D eigenvalue weighted by atomic mass is 10.0. The molecule has 1 N–H and O–H groups in total. The molecule has 0 saturated carbocycles. The summed E-state index contributed by atoms with van der Waals surface area (Å²) in [6.07, 6.45) is 10.2. The topological polar surface area (TPSA) is 24.9 Å². The largest absolute Gasteiger partial charge is 0.306 e. The first kappa shape index (κ1) is 10.8. The highest BCUT2D eigenvalue weighted by Crippen LogP contribution is 2.22.